The first kappa shape index (κ1) is 14.4. The Morgan fingerprint density at radius 1 is 1.44 bits per heavy atom. The molecule has 1 amide bonds. The molecule has 96 valence electrons. The zero-order chi connectivity index (χ0) is 13.5. The number of carbonyl (C=O) groups is 1. The summed E-state index contributed by atoms with van der Waals surface area (Å²) in [5.41, 5.74) is 0.927. The van der Waals surface area contributed by atoms with Gasteiger partial charge in [-0.1, -0.05) is 26.0 Å². The van der Waals surface area contributed by atoms with Crippen LogP contribution in [0.5, 0.6) is 0 Å². The summed E-state index contributed by atoms with van der Waals surface area (Å²) in [5.74, 6) is 0.129. The zero-order valence-electron chi connectivity index (χ0n) is 10.5. The molecule has 0 aliphatic rings. The van der Waals surface area contributed by atoms with Crippen molar-refractivity contribution in [2.24, 2.45) is 0 Å². The van der Waals surface area contributed by atoms with Crippen LogP contribution < -0.4 is 5.32 Å². The Hall–Kier alpha value is -1.67. The Balaban J connectivity index is 2.55. The summed E-state index contributed by atoms with van der Waals surface area (Å²) in [6.45, 7) is 3.72. The van der Waals surface area contributed by atoms with Gasteiger partial charge in [0.2, 0.25) is 5.91 Å². The Kier molecular flexibility index (Phi) is 5.53. The molecule has 0 saturated carbocycles. The number of carbonyl (C=O) groups excluding carboxylic acids is 1. The first-order valence-electron chi connectivity index (χ1n) is 5.70. The lowest BCUT2D eigenvalue weighted by Gasteiger charge is -2.07. The summed E-state index contributed by atoms with van der Waals surface area (Å²) >= 11 is 0. The van der Waals surface area contributed by atoms with Gasteiger partial charge in [0.25, 0.3) is 0 Å². The van der Waals surface area contributed by atoms with Crippen LogP contribution in [0.2, 0.25) is 0 Å². The van der Waals surface area contributed by atoms with Crippen molar-refractivity contribution in [3.05, 3.63) is 29.8 Å². The van der Waals surface area contributed by atoms with Crippen LogP contribution in [0, 0.1) is 11.3 Å². The summed E-state index contributed by atoms with van der Waals surface area (Å²) in [7, 11) is -0.983. The second-order valence-electron chi connectivity index (χ2n) is 4.09. The highest BCUT2D eigenvalue weighted by Crippen LogP contribution is 2.13. The minimum Gasteiger partial charge on any atom is -0.325 e. The Labute approximate surface area is 109 Å². The van der Waals surface area contributed by atoms with Crippen molar-refractivity contribution >= 4 is 22.4 Å². The molecular formula is C13H16N2O2S. The van der Waals surface area contributed by atoms with Gasteiger partial charge in [0.05, 0.1) is 11.3 Å². The number of benzene rings is 1. The minimum atomic E-state index is -0.983. The average Bonchev–Trinajstić information content (AvgIpc) is 2.36. The van der Waals surface area contributed by atoms with Crippen LogP contribution in [0.3, 0.4) is 0 Å². The number of amides is 1. The third kappa shape index (κ3) is 4.30. The van der Waals surface area contributed by atoms with Crippen molar-refractivity contribution in [3.63, 3.8) is 0 Å². The van der Waals surface area contributed by atoms with Crippen molar-refractivity contribution in [1.29, 1.82) is 5.26 Å². The topological polar surface area (TPSA) is 70.0 Å². The average molecular weight is 264 g/mol. The first-order valence-corrected chi connectivity index (χ1v) is 7.09. The van der Waals surface area contributed by atoms with E-state index in [4.69, 9.17) is 5.26 Å². The largest absolute Gasteiger partial charge is 0.325 e. The molecule has 1 rings (SSSR count). The summed E-state index contributed by atoms with van der Waals surface area (Å²) < 4.78 is 11.5. The lowest BCUT2D eigenvalue weighted by molar-refractivity contribution is -0.115. The maximum absolute atomic E-state index is 11.7. The summed E-state index contributed by atoms with van der Waals surface area (Å²) in [6.07, 6.45) is 0.199. The Morgan fingerprint density at radius 3 is 2.72 bits per heavy atom. The number of nitrogens with one attached hydrogen (secondary N) is 1. The van der Waals surface area contributed by atoms with Crippen molar-refractivity contribution < 1.29 is 9.00 Å². The van der Waals surface area contributed by atoms with Crippen LogP contribution in [0.4, 0.5) is 5.69 Å². The molecule has 1 aromatic carbocycles. The molecule has 0 heterocycles. The van der Waals surface area contributed by atoms with E-state index in [0.29, 0.717) is 17.0 Å². The molecule has 5 heteroatoms. The third-order valence-corrected chi connectivity index (χ3v) is 4.04. The number of rotatable bonds is 5. The molecule has 0 aromatic heterocycles. The third-order valence-electron chi connectivity index (χ3n) is 2.38. The second-order valence-corrected chi connectivity index (χ2v) is 6.20. The Bertz CT molecular complexity index is 492. The number of nitrogens with zero attached hydrogens (tertiary/aromatic N) is 1. The molecule has 1 atom stereocenters. The maximum Gasteiger partial charge on any atom is 0.225 e. The monoisotopic (exact) mass is 264 g/mol. The molecule has 1 N–H and O–H groups in total. The number of hydrogen-bond donors (Lipinski definition) is 1. The fraction of sp³-hybridized carbons (Fsp3) is 0.385. The van der Waals surface area contributed by atoms with E-state index >= 15 is 0 Å². The van der Waals surface area contributed by atoms with Gasteiger partial charge in [-0.3, -0.25) is 9.00 Å². The Morgan fingerprint density at radius 2 is 2.11 bits per heavy atom. The van der Waals surface area contributed by atoms with Crippen molar-refractivity contribution in [1.82, 2.24) is 0 Å². The van der Waals surface area contributed by atoms with Crippen molar-refractivity contribution in [2.45, 2.75) is 25.5 Å². The van der Waals surface area contributed by atoms with Gasteiger partial charge in [-0.25, -0.2) is 0 Å². The standard InChI is InChI=1S/C13H16N2O2S/c1-10(2)18(17)8-7-13(16)15-12-6-4-3-5-11(12)9-14/h3-6,10H,7-8H2,1-2H3,(H,15,16). The summed E-state index contributed by atoms with van der Waals surface area (Å²) in [4.78, 5) is 11.7. The van der Waals surface area contributed by atoms with Gasteiger partial charge < -0.3 is 5.32 Å². The maximum atomic E-state index is 11.7. The van der Waals surface area contributed by atoms with Crippen molar-refractivity contribution in [3.8, 4) is 6.07 Å². The molecule has 0 bridgehead atoms. The van der Waals surface area contributed by atoms with Gasteiger partial charge in [-0.2, -0.15) is 5.26 Å². The minimum absolute atomic E-state index is 0.0594. The molecule has 0 radical (unpaired) electrons. The van der Waals surface area contributed by atoms with E-state index in [1.165, 1.54) is 0 Å². The summed E-state index contributed by atoms with van der Waals surface area (Å²) in [6, 6.07) is 8.82. The van der Waals surface area contributed by atoms with Gasteiger partial charge >= 0.3 is 0 Å². The highest BCUT2D eigenvalue weighted by molar-refractivity contribution is 7.85. The summed E-state index contributed by atoms with van der Waals surface area (Å²) in [5, 5.41) is 11.6. The molecule has 4 nitrogen and oxygen atoms in total. The van der Waals surface area contributed by atoms with Crippen LogP contribution in [0.25, 0.3) is 0 Å². The fourth-order valence-corrected chi connectivity index (χ4v) is 2.19. The van der Waals surface area contributed by atoms with E-state index < -0.39 is 10.8 Å². The second kappa shape index (κ2) is 6.92. The molecule has 0 aliphatic heterocycles. The molecule has 0 fully saturated rings. The van der Waals surface area contributed by atoms with Crippen LogP contribution >= 0.6 is 0 Å². The molecule has 0 aliphatic carbocycles. The molecule has 0 spiro atoms. The van der Waals surface area contributed by atoms with Crippen LogP contribution in [-0.4, -0.2) is 21.1 Å². The van der Waals surface area contributed by atoms with Crippen molar-refractivity contribution in [2.75, 3.05) is 11.1 Å². The van der Waals surface area contributed by atoms with Gasteiger partial charge in [0, 0.05) is 28.2 Å². The molecule has 0 saturated heterocycles. The van der Waals surface area contributed by atoms with E-state index in [2.05, 4.69) is 5.32 Å². The van der Waals surface area contributed by atoms with Gasteiger partial charge in [-0.05, 0) is 12.1 Å². The van der Waals surface area contributed by atoms with E-state index in [1.54, 1.807) is 24.3 Å². The smallest absolute Gasteiger partial charge is 0.225 e. The molecular weight excluding hydrogens is 248 g/mol. The van der Waals surface area contributed by atoms with Gasteiger partial charge in [0.1, 0.15) is 6.07 Å². The fourth-order valence-electron chi connectivity index (χ4n) is 1.33. The van der Waals surface area contributed by atoms with Gasteiger partial charge in [-0.15, -0.1) is 0 Å². The number of nitriles is 1. The van der Waals surface area contributed by atoms with E-state index in [9.17, 15) is 9.00 Å². The van der Waals surface area contributed by atoms with Crippen LogP contribution in [0.15, 0.2) is 24.3 Å². The lowest BCUT2D eigenvalue weighted by Crippen LogP contribution is -2.18. The quantitative estimate of drug-likeness (QED) is 0.884. The zero-order valence-corrected chi connectivity index (χ0v) is 11.3. The van der Waals surface area contributed by atoms with Crippen LogP contribution in [0.1, 0.15) is 25.8 Å². The van der Waals surface area contributed by atoms with E-state index in [1.807, 2.05) is 19.9 Å². The molecule has 1 aromatic rings. The van der Waals surface area contributed by atoms with Crippen LogP contribution in [-0.2, 0) is 15.6 Å². The van der Waals surface area contributed by atoms with Gasteiger partial charge in [0.15, 0.2) is 0 Å². The predicted molar refractivity (Wildman–Crippen MR) is 72.5 cm³/mol. The van der Waals surface area contributed by atoms with E-state index in [0.717, 1.165) is 0 Å². The van der Waals surface area contributed by atoms with E-state index in [-0.39, 0.29) is 17.6 Å². The highest BCUT2D eigenvalue weighted by atomic mass is 32.2. The first-order chi connectivity index (χ1) is 8.54. The SMILES string of the molecule is CC(C)S(=O)CCC(=O)Nc1ccccc1C#N. The number of para-hydroxylation sites is 1. The molecule has 1 unspecified atom stereocenters. The number of hydrogen-bond acceptors (Lipinski definition) is 3. The lowest BCUT2D eigenvalue weighted by atomic mass is 10.2. The molecule has 18 heavy (non-hydrogen) atoms. The number of anilines is 1. The highest BCUT2D eigenvalue weighted by Gasteiger charge is 2.10. The normalized spacial score (nSPS) is 11.9. The predicted octanol–water partition coefficient (Wildman–Crippen LogP) is 2.04.